The molecule has 2 N–H and O–H groups in total. The first-order valence-corrected chi connectivity index (χ1v) is 8.15. The van der Waals surface area contributed by atoms with Gasteiger partial charge in [0, 0.05) is 5.69 Å². The molecule has 0 atom stereocenters. The molecule has 5 nitrogen and oxygen atoms in total. The third-order valence-corrected chi connectivity index (χ3v) is 4.04. The lowest BCUT2D eigenvalue weighted by atomic mass is 9.85. The summed E-state index contributed by atoms with van der Waals surface area (Å²) in [5.41, 5.74) is 1.49. The second-order valence-corrected chi connectivity index (χ2v) is 6.34. The van der Waals surface area contributed by atoms with Crippen LogP contribution in [0.1, 0.15) is 25.0 Å². The highest BCUT2D eigenvalue weighted by Crippen LogP contribution is 2.24. The van der Waals surface area contributed by atoms with Crippen LogP contribution in [0.25, 0.3) is 0 Å². The van der Waals surface area contributed by atoms with Crippen molar-refractivity contribution in [2.45, 2.75) is 25.7 Å². The Labute approximate surface area is 147 Å². The molecule has 5 heteroatoms. The number of nitrogens with one attached hydrogen (secondary N) is 1. The Morgan fingerprint density at radius 3 is 2.28 bits per heavy atom. The van der Waals surface area contributed by atoms with E-state index in [9.17, 15) is 14.7 Å². The van der Waals surface area contributed by atoms with Gasteiger partial charge < -0.3 is 15.2 Å². The van der Waals surface area contributed by atoms with Crippen LogP contribution in [0.3, 0.4) is 0 Å². The van der Waals surface area contributed by atoms with Crippen molar-refractivity contribution < 1.29 is 19.4 Å². The van der Waals surface area contributed by atoms with Crippen molar-refractivity contribution in [1.29, 1.82) is 0 Å². The molecule has 0 aliphatic carbocycles. The molecule has 0 radical (unpaired) electrons. The second-order valence-electron chi connectivity index (χ2n) is 6.34. The van der Waals surface area contributed by atoms with Crippen LogP contribution in [0.5, 0.6) is 0 Å². The average molecular weight is 341 g/mol. The van der Waals surface area contributed by atoms with E-state index in [0.29, 0.717) is 17.9 Å². The lowest BCUT2D eigenvalue weighted by Crippen LogP contribution is -2.28. The fraction of sp³-hybridized carbons (Fsp3) is 0.300. The number of ether oxygens (including phenoxy) is 1. The maximum absolute atomic E-state index is 11.9. The topological polar surface area (TPSA) is 75.6 Å². The molecule has 0 aliphatic rings. The summed E-state index contributed by atoms with van der Waals surface area (Å²) in [6.45, 7) is 3.74. The molecule has 0 saturated heterocycles. The first-order chi connectivity index (χ1) is 11.9. The first-order valence-electron chi connectivity index (χ1n) is 8.15. The summed E-state index contributed by atoms with van der Waals surface area (Å²) in [7, 11) is 0. The Kier molecular flexibility index (Phi) is 6.31. The molecule has 25 heavy (non-hydrogen) atoms. The number of amides is 1. The monoisotopic (exact) mass is 341 g/mol. The van der Waals surface area contributed by atoms with Crippen molar-refractivity contribution >= 4 is 17.6 Å². The Morgan fingerprint density at radius 2 is 1.68 bits per heavy atom. The lowest BCUT2D eigenvalue weighted by Gasteiger charge is -2.19. The first kappa shape index (κ1) is 18.7. The van der Waals surface area contributed by atoms with Gasteiger partial charge in [-0.15, -0.1) is 0 Å². The van der Waals surface area contributed by atoms with E-state index >= 15 is 0 Å². The van der Waals surface area contributed by atoms with Gasteiger partial charge in [-0.2, -0.15) is 0 Å². The summed E-state index contributed by atoms with van der Waals surface area (Å²) in [4.78, 5) is 23.1. The Morgan fingerprint density at radius 1 is 1.04 bits per heavy atom. The summed E-state index contributed by atoms with van der Waals surface area (Å²) in [5.74, 6) is -1.13. The number of carboxylic acid groups (broad SMARTS) is 1. The zero-order valence-electron chi connectivity index (χ0n) is 14.5. The average Bonchev–Trinajstić information content (AvgIpc) is 2.60. The highest BCUT2D eigenvalue weighted by molar-refractivity contribution is 5.91. The molecule has 2 aromatic rings. The third-order valence-electron chi connectivity index (χ3n) is 4.04. The van der Waals surface area contributed by atoms with Crippen molar-refractivity contribution in [1.82, 2.24) is 0 Å². The molecule has 2 rings (SSSR count). The predicted octanol–water partition coefficient (Wildman–Crippen LogP) is 3.25. The number of aliphatic carboxylic acids is 1. The summed E-state index contributed by atoms with van der Waals surface area (Å²) in [6.07, 6.45) is 0.757. The predicted molar refractivity (Wildman–Crippen MR) is 96.7 cm³/mol. The summed E-state index contributed by atoms with van der Waals surface area (Å²) in [5, 5.41) is 12.0. The molecular formula is C20H23NO4. The molecule has 0 heterocycles. The largest absolute Gasteiger partial charge is 0.481 e. The van der Waals surface area contributed by atoms with Gasteiger partial charge in [0.25, 0.3) is 0 Å². The van der Waals surface area contributed by atoms with Crippen LogP contribution in [-0.2, 0) is 26.2 Å². The zero-order chi connectivity index (χ0) is 18.3. The molecule has 0 bridgehead atoms. The minimum Gasteiger partial charge on any atom is -0.481 e. The molecule has 132 valence electrons. The molecule has 0 aromatic heterocycles. The number of hydrogen-bond acceptors (Lipinski definition) is 3. The fourth-order valence-electron chi connectivity index (χ4n) is 2.29. The minimum absolute atomic E-state index is 0.0186. The van der Waals surface area contributed by atoms with E-state index in [4.69, 9.17) is 4.74 Å². The quantitative estimate of drug-likeness (QED) is 0.723. The van der Waals surface area contributed by atoms with E-state index in [0.717, 1.165) is 6.42 Å². The molecular weight excluding hydrogens is 318 g/mol. The number of rotatable bonds is 8. The van der Waals surface area contributed by atoms with Crippen molar-refractivity contribution in [2.75, 3.05) is 18.5 Å². The van der Waals surface area contributed by atoms with Crippen molar-refractivity contribution in [3.05, 3.63) is 65.7 Å². The van der Waals surface area contributed by atoms with Crippen molar-refractivity contribution in [3.63, 3.8) is 0 Å². The molecule has 1 amide bonds. The van der Waals surface area contributed by atoms with Gasteiger partial charge in [-0.05, 0) is 43.5 Å². The Balaban J connectivity index is 1.78. The molecule has 0 unspecified atom stereocenters. The smallest absolute Gasteiger partial charge is 0.313 e. The van der Waals surface area contributed by atoms with E-state index in [1.165, 1.54) is 5.56 Å². The van der Waals surface area contributed by atoms with E-state index < -0.39 is 11.4 Å². The van der Waals surface area contributed by atoms with Gasteiger partial charge in [0.1, 0.15) is 6.61 Å². The third kappa shape index (κ3) is 5.43. The van der Waals surface area contributed by atoms with E-state index in [2.05, 4.69) is 5.32 Å². The van der Waals surface area contributed by atoms with Gasteiger partial charge in [0.15, 0.2) is 0 Å². The van der Waals surface area contributed by atoms with Crippen LogP contribution >= 0.6 is 0 Å². The van der Waals surface area contributed by atoms with Gasteiger partial charge >= 0.3 is 5.97 Å². The Hall–Kier alpha value is -2.66. The van der Waals surface area contributed by atoms with Crippen LogP contribution < -0.4 is 5.32 Å². The molecule has 0 saturated carbocycles. The highest BCUT2D eigenvalue weighted by atomic mass is 16.5. The van der Waals surface area contributed by atoms with Crippen molar-refractivity contribution in [2.24, 2.45) is 0 Å². The maximum Gasteiger partial charge on any atom is 0.313 e. The normalized spacial score (nSPS) is 11.1. The van der Waals surface area contributed by atoms with Crippen LogP contribution in [-0.4, -0.2) is 30.2 Å². The van der Waals surface area contributed by atoms with Gasteiger partial charge in [-0.3, -0.25) is 9.59 Å². The number of carbonyl (C=O) groups is 2. The number of anilines is 1. The van der Waals surface area contributed by atoms with E-state index in [1.54, 1.807) is 38.1 Å². The standard InChI is InChI=1S/C20H23NO4/c1-20(2,19(23)24)16-8-10-17(11-9-16)21-18(22)14-25-13-12-15-6-4-3-5-7-15/h3-11H,12-14H2,1-2H3,(H,21,22)(H,23,24). The van der Waals surface area contributed by atoms with Crippen LogP contribution in [0.4, 0.5) is 5.69 Å². The molecule has 0 spiro atoms. The van der Waals surface area contributed by atoms with E-state index in [-0.39, 0.29) is 12.5 Å². The Bertz CT molecular complexity index is 708. The second kappa shape index (κ2) is 8.44. The molecule has 2 aromatic carbocycles. The van der Waals surface area contributed by atoms with Gasteiger partial charge in [0.05, 0.1) is 12.0 Å². The lowest BCUT2D eigenvalue weighted by molar-refractivity contribution is -0.142. The van der Waals surface area contributed by atoms with Crippen molar-refractivity contribution in [3.8, 4) is 0 Å². The van der Waals surface area contributed by atoms with Crippen LogP contribution in [0.15, 0.2) is 54.6 Å². The summed E-state index contributed by atoms with van der Waals surface area (Å²) in [6, 6.07) is 16.7. The number of hydrogen-bond donors (Lipinski definition) is 2. The highest BCUT2D eigenvalue weighted by Gasteiger charge is 2.29. The SMILES string of the molecule is CC(C)(C(=O)O)c1ccc(NC(=O)COCCc2ccccc2)cc1. The summed E-state index contributed by atoms with van der Waals surface area (Å²) < 4.78 is 5.39. The molecule has 0 aliphatic heterocycles. The van der Waals surface area contributed by atoms with E-state index in [1.807, 2.05) is 30.3 Å². The summed E-state index contributed by atoms with van der Waals surface area (Å²) >= 11 is 0. The van der Waals surface area contributed by atoms with Gasteiger partial charge in [-0.1, -0.05) is 42.5 Å². The molecule has 0 fully saturated rings. The maximum atomic E-state index is 11.9. The number of carboxylic acids is 1. The van der Waals surface area contributed by atoms with Crippen LogP contribution in [0, 0.1) is 0 Å². The number of carbonyl (C=O) groups excluding carboxylic acids is 1. The zero-order valence-corrected chi connectivity index (χ0v) is 14.5. The van der Waals surface area contributed by atoms with Gasteiger partial charge in [0.2, 0.25) is 5.91 Å². The minimum atomic E-state index is -0.969. The number of benzene rings is 2. The van der Waals surface area contributed by atoms with Crippen LogP contribution in [0.2, 0.25) is 0 Å². The fourth-order valence-corrected chi connectivity index (χ4v) is 2.29. The van der Waals surface area contributed by atoms with Gasteiger partial charge in [-0.25, -0.2) is 0 Å².